The van der Waals surface area contributed by atoms with Crippen LogP contribution in [0.15, 0.2) is 72.8 Å². The molecule has 1 atom stereocenters. The highest BCUT2D eigenvalue weighted by Crippen LogP contribution is 2.36. The van der Waals surface area contributed by atoms with Crippen LogP contribution in [0.25, 0.3) is 11.0 Å². The van der Waals surface area contributed by atoms with E-state index in [2.05, 4.69) is 29.7 Å². The average Bonchev–Trinajstić information content (AvgIpc) is 3.40. The number of anilines is 1. The Labute approximate surface area is 217 Å². The highest BCUT2D eigenvalue weighted by atomic mass is 35.5. The van der Waals surface area contributed by atoms with Crippen LogP contribution in [-0.2, 0) is 11.3 Å². The predicted molar refractivity (Wildman–Crippen MR) is 144 cm³/mol. The van der Waals surface area contributed by atoms with E-state index in [9.17, 15) is 4.79 Å². The first kappa shape index (κ1) is 25.1. The molecule has 0 bridgehead atoms. The number of imidazole rings is 1. The van der Waals surface area contributed by atoms with Gasteiger partial charge in [0.25, 0.3) is 0 Å². The van der Waals surface area contributed by atoms with E-state index in [0.717, 1.165) is 47.7 Å². The van der Waals surface area contributed by atoms with E-state index < -0.39 is 0 Å². The molecule has 0 spiro atoms. The lowest BCUT2D eigenvalue weighted by molar-refractivity contribution is -0.117. The number of aryl methyl sites for hydroxylation is 2. The SMILES string of the molecule is Cc1cccc(OCCCCn2c(C3CC(=O)N(c4ccccc4Cl)C3)nc3ccccc32)c1.Cl. The molecule has 0 N–H and O–H groups in total. The quantitative estimate of drug-likeness (QED) is 0.245. The second-order valence-corrected chi connectivity index (χ2v) is 9.25. The zero-order chi connectivity index (χ0) is 23.5. The van der Waals surface area contributed by atoms with Gasteiger partial charge in [0.2, 0.25) is 5.91 Å². The number of unbranched alkanes of at least 4 members (excludes halogenated alkanes) is 1. The summed E-state index contributed by atoms with van der Waals surface area (Å²) < 4.78 is 8.21. The monoisotopic (exact) mass is 509 g/mol. The predicted octanol–water partition coefficient (Wildman–Crippen LogP) is 6.80. The van der Waals surface area contributed by atoms with Crippen LogP contribution in [0.3, 0.4) is 0 Å². The maximum Gasteiger partial charge on any atom is 0.227 e. The fraction of sp³-hybridized carbons (Fsp3) is 0.286. The van der Waals surface area contributed by atoms with E-state index >= 15 is 0 Å². The topological polar surface area (TPSA) is 47.4 Å². The van der Waals surface area contributed by atoms with Crippen molar-refractivity contribution >= 4 is 46.6 Å². The standard InChI is InChI=1S/C28H28ClN3O2.ClH/c1-20-9-8-10-22(17-20)34-16-7-6-15-31-26-14-5-3-12-24(26)30-28(31)21-18-27(33)32(19-21)25-13-4-2-11-23(25)29;/h2-5,8-14,17,21H,6-7,15-16,18-19H2,1H3;1H. The van der Waals surface area contributed by atoms with Crippen LogP contribution in [0.5, 0.6) is 5.75 Å². The number of benzene rings is 3. The van der Waals surface area contributed by atoms with Gasteiger partial charge in [-0.3, -0.25) is 4.79 Å². The molecule has 1 aliphatic heterocycles. The Bertz CT molecular complexity index is 1320. The van der Waals surface area contributed by atoms with Crippen LogP contribution < -0.4 is 9.64 Å². The highest BCUT2D eigenvalue weighted by Gasteiger charge is 2.35. The van der Waals surface area contributed by atoms with Gasteiger partial charge in [0.15, 0.2) is 0 Å². The Morgan fingerprint density at radius 3 is 2.66 bits per heavy atom. The molecule has 0 aliphatic carbocycles. The molecule has 1 unspecified atom stereocenters. The van der Waals surface area contributed by atoms with Gasteiger partial charge in [-0.05, 0) is 61.7 Å². The molecular formula is C28H29Cl2N3O2. The molecule has 4 aromatic rings. The van der Waals surface area contributed by atoms with Gasteiger partial charge in [-0.25, -0.2) is 4.98 Å². The molecule has 1 amide bonds. The van der Waals surface area contributed by atoms with E-state index in [1.165, 1.54) is 5.56 Å². The van der Waals surface area contributed by atoms with E-state index in [4.69, 9.17) is 21.3 Å². The van der Waals surface area contributed by atoms with Crippen molar-refractivity contribution in [1.29, 1.82) is 0 Å². The number of fused-ring (bicyclic) bond motifs is 1. The number of nitrogens with zero attached hydrogens (tertiary/aromatic N) is 3. The summed E-state index contributed by atoms with van der Waals surface area (Å²) in [6.07, 6.45) is 2.34. The lowest BCUT2D eigenvalue weighted by Gasteiger charge is -2.18. The minimum atomic E-state index is 0. The summed E-state index contributed by atoms with van der Waals surface area (Å²) in [6.45, 7) is 4.17. The summed E-state index contributed by atoms with van der Waals surface area (Å²) >= 11 is 6.38. The van der Waals surface area contributed by atoms with E-state index in [-0.39, 0.29) is 24.2 Å². The fourth-order valence-corrected chi connectivity index (χ4v) is 4.93. The van der Waals surface area contributed by atoms with Crippen LogP contribution in [0.4, 0.5) is 5.69 Å². The Balaban J connectivity index is 0.00000289. The largest absolute Gasteiger partial charge is 0.494 e. The smallest absolute Gasteiger partial charge is 0.227 e. The van der Waals surface area contributed by atoms with Crippen molar-refractivity contribution in [2.75, 3.05) is 18.1 Å². The van der Waals surface area contributed by atoms with Crippen LogP contribution in [0.2, 0.25) is 5.02 Å². The summed E-state index contributed by atoms with van der Waals surface area (Å²) in [4.78, 5) is 19.7. The summed E-state index contributed by atoms with van der Waals surface area (Å²) in [5.41, 5.74) is 4.05. The van der Waals surface area contributed by atoms with E-state index in [0.29, 0.717) is 24.6 Å². The van der Waals surface area contributed by atoms with Crippen molar-refractivity contribution < 1.29 is 9.53 Å². The molecule has 3 aromatic carbocycles. The molecule has 1 saturated heterocycles. The number of hydrogen-bond acceptors (Lipinski definition) is 3. The lowest BCUT2D eigenvalue weighted by Crippen LogP contribution is -2.24. The number of aromatic nitrogens is 2. The summed E-state index contributed by atoms with van der Waals surface area (Å²) in [6, 6.07) is 23.9. The molecule has 7 heteroatoms. The summed E-state index contributed by atoms with van der Waals surface area (Å²) in [5, 5.41) is 0.596. The van der Waals surface area contributed by atoms with Gasteiger partial charge in [-0.1, -0.05) is 48.0 Å². The van der Waals surface area contributed by atoms with Gasteiger partial charge in [0.1, 0.15) is 11.6 Å². The number of hydrogen-bond donors (Lipinski definition) is 0. The van der Waals surface area contributed by atoms with Gasteiger partial charge < -0.3 is 14.2 Å². The maximum atomic E-state index is 12.9. The molecule has 2 heterocycles. The van der Waals surface area contributed by atoms with E-state index in [1.807, 2.05) is 54.6 Å². The van der Waals surface area contributed by atoms with Crippen molar-refractivity contribution in [3.8, 4) is 5.75 Å². The highest BCUT2D eigenvalue weighted by molar-refractivity contribution is 6.33. The minimum Gasteiger partial charge on any atom is -0.494 e. The summed E-state index contributed by atoms with van der Waals surface area (Å²) in [5.74, 6) is 2.00. The molecule has 1 aromatic heterocycles. The number of para-hydroxylation sites is 3. The minimum absolute atomic E-state index is 0. The third-order valence-corrected chi connectivity index (χ3v) is 6.67. The lowest BCUT2D eigenvalue weighted by atomic mass is 10.1. The Hall–Kier alpha value is -3.02. The summed E-state index contributed by atoms with van der Waals surface area (Å²) in [7, 11) is 0. The van der Waals surface area contributed by atoms with E-state index in [1.54, 1.807) is 4.90 Å². The van der Waals surface area contributed by atoms with Gasteiger partial charge in [-0.15, -0.1) is 12.4 Å². The number of carbonyl (C=O) groups is 1. The second-order valence-electron chi connectivity index (χ2n) is 8.84. The van der Waals surface area contributed by atoms with Crippen LogP contribution >= 0.6 is 24.0 Å². The number of halogens is 2. The van der Waals surface area contributed by atoms with Crippen LogP contribution in [0.1, 0.15) is 36.6 Å². The molecular weight excluding hydrogens is 481 g/mol. The van der Waals surface area contributed by atoms with Crippen molar-refractivity contribution in [3.63, 3.8) is 0 Å². The van der Waals surface area contributed by atoms with Crippen molar-refractivity contribution in [1.82, 2.24) is 9.55 Å². The van der Waals surface area contributed by atoms with Crippen molar-refractivity contribution in [3.05, 3.63) is 89.2 Å². The first-order valence-corrected chi connectivity index (χ1v) is 12.2. The molecule has 5 rings (SSSR count). The Morgan fingerprint density at radius 2 is 1.83 bits per heavy atom. The molecule has 1 aliphatic rings. The van der Waals surface area contributed by atoms with Gasteiger partial charge in [0, 0.05) is 25.4 Å². The first-order valence-electron chi connectivity index (χ1n) is 11.8. The molecule has 5 nitrogen and oxygen atoms in total. The van der Waals surface area contributed by atoms with Gasteiger partial charge in [0.05, 0.1) is 28.4 Å². The Kier molecular flexibility index (Phi) is 7.99. The second kappa shape index (κ2) is 11.1. The molecule has 182 valence electrons. The fourth-order valence-electron chi connectivity index (χ4n) is 4.69. The normalized spacial score (nSPS) is 15.4. The van der Waals surface area contributed by atoms with Crippen LogP contribution in [-0.4, -0.2) is 28.6 Å². The molecule has 0 radical (unpaired) electrons. The molecule has 35 heavy (non-hydrogen) atoms. The van der Waals surface area contributed by atoms with Crippen molar-refractivity contribution in [2.45, 2.75) is 38.6 Å². The van der Waals surface area contributed by atoms with Crippen LogP contribution in [0, 0.1) is 6.92 Å². The van der Waals surface area contributed by atoms with Gasteiger partial charge >= 0.3 is 0 Å². The zero-order valence-corrected chi connectivity index (χ0v) is 21.3. The number of rotatable bonds is 8. The number of carbonyl (C=O) groups excluding carboxylic acids is 1. The Morgan fingerprint density at radius 1 is 1.03 bits per heavy atom. The average molecular weight is 510 g/mol. The number of amides is 1. The molecule has 1 fully saturated rings. The zero-order valence-electron chi connectivity index (χ0n) is 19.7. The maximum absolute atomic E-state index is 12.9. The third-order valence-electron chi connectivity index (χ3n) is 6.35. The number of ether oxygens (including phenoxy) is 1. The van der Waals surface area contributed by atoms with Gasteiger partial charge in [-0.2, -0.15) is 0 Å². The third kappa shape index (κ3) is 5.47. The molecule has 0 saturated carbocycles. The first-order chi connectivity index (χ1) is 16.6. The van der Waals surface area contributed by atoms with Crippen molar-refractivity contribution in [2.24, 2.45) is 0 Å².